The van der Waals surface area contributed by atoms with Crippen molar-refractivity contribution in [2.24, 2.45) is 0 Å². The third-order valence-electron chi connectivity index (χ3n) is 2.44. The molecule has 0 fully saturated rings. The van der Waals surface area contributed by atoms with Crippen molar-refractivity contribution in [1.29, 1.82) is 0 Å². The van der Waals surface area contributed by atoms with Gasteiger partial charge in [0.15, 0.2) is 0 Å². The van der Waals surface area contributed by atoms with E-state index in [9.17, 15) is 8.42 Å². The van der Waals surface area contributed by atoms with E-state index in [4.69, 9.17) is 0 Å². The van der Waals surface area contributed by atoms with Crippen molar-refractivity contribution in [3.05, 3.63) is 32.6 Å². The van der Waals surface area contributed by atoms with Crippen LogP contribution in [0.5, 0.6) is 0 Å². The van der Waals surface area contributed by atoms with Crippen molar-refractivity contribution < 1.29 is 8.42 Å². The van der Waals surface area contributed by atoms with Crippen molar-refractivity contribution in [2.75, 3.05) is 0 Å². The molecule has 14 heavy (non-hydrogen) atoms. The average Bonchev–Trinajstić information content (AvgIpc) is 2.28. The Morgan fingerprint density at radius 2 is 1.71 bits per heavy atom. The number of benzene rings is 1. The highest BCUT2D eigenvalue weighted by Crippen LogP contribution is 2.37. The van der Waals surface area contributed by atoms with E-state index in [2.05, 4.69) is 15.9 Å². The summed E-state index contributed by atoms with van der Waals surface area (Å²) < 4.78 is 23.7. The van der Waals surface area contributed by atoms with Crippen LogP contribution in [0.4, 0.5) is 0 Å². The zero-order chi connectivity index (χ0) is 10.5. The van der Waals surface area contributed by atoms with Crippen LogP contribution in [0.1, 0.15) is 16.7 Å². The molecule has 0 saturated heterocycles. The van der Waals surface area contributed by atoms with E-state index in [1.54, 1.807) is 12.1 Å². The van der Waals surface area contributed by atoms with E-state index in [0.29, 0.717) is 4.90 Å². The van der Waals surface area contributed by atoms with Gasteiger partial charge in [-0.25, -0.2) is 8.42 Å². The summed E-state index contributed by atoms with van der Waals surface area (Å²) in [6.07, 6.45) is 1.65. The summed E-state index contributed by atoms with van der Waals surface area (Å²) in [7, 11) is -3.25. The van der Waals surface area contributed by atoms with E-state index >= 15 is 0 Å². The first-order valence-electron chi connectivity index (χ1n) is 4.16. The summed E-state index contributed by atoms with van der Waals surface area (Å²) in [5.41, 5.74) is 2.89. The summed E-state index contributed by atoms with van der Waals surface area (Å²) in [4.78, 5) is 0.410. The quantitative estimate of drug-likeness (QED) is 0.728. The molecule has 2 rings (SSSR count). The van der Waals surface area contributed by atoms with Gasteiger partial charge in [-0.15, -0.1) is 0 Å². The van der Waals surface area contributed by atoms with Crippen LogP contribution in [-0.4, -0.2) is 8.42 Å². The van der Waals surface area contributed by atoms with Gasteiger partial charge >= 0.3 is 0 Å². The molecular weight excluding hydrogens is 264 g/mol. The van der Waals surface area contributed by atoms with Crippen LogP contribution in [-0.2, 0) is 9.84 Å². The maximum absolute atomic E-state index is 11.7. The number of halogens is 1. The van der Waals surface area contributed by atoms with Crippen LogP contribution < -0.4 is 0 Å². The molecule has 0 bridgehead atoms. The normalized spacial score (nSPS) is 17.8. The minimum absolute atomic E-state index is 0.255. The lowest BCUT2D eigenvalue weighted by Gasteiger charge is -2.04. The molecule has 1 heterocycles. The van der Waals surface area contributed by atoms with Gasteiger partial charge in [0.2, 0.25) is 9.84 Å². The minimum atomic E-state index is -3.25. The predicted molar refractivity (Wildman–Crippen MR) is 60.0 cm³/mol. The third-order valence-corrected chi connectivity index (χ3v) is 5.51. The Labute approximate surface area is 91.7 Å². The molecule has 0 unspecified atom stereocenters. The van der Waals surface area contributed by atoms with Crippen LogP contribution in [0.15, 0.2) is 20.8 Å². The number of sulfone groups is 1. The number of aryl methyl sites for hydroxylation is 2. The summed E-state index contributed by atoms with van der Waals surface area (Å²) in [6, 6.07) is 3.63. The summed E-state index contributed by atoms with van der Waals surface area (Å²) >= 11 is 3.06. The van der Waals surface area contributed by atoms with Crippen LogP contribution in [0.25, 0.3) is 6.08 Å². The highest BCUT2D eigenvalue weighted by atomic mass is 79.9. The SMILES string of the molecule is Cc1cc2c(cc1C)S(=O)(=O)C(Br)=C2. The third kappa shape index (κ3) is 1.25. The molecule has 2 nitrogen and oxygen atoms in total. The zero-order valence-electron chi connectivity index (χ0n) is 7.83. The Kier molecular flexibility index (Phi) is 2.08. The maximum atomic E-state index is 11.7. The van der Waals surface area contributed by atoms with Gasteiger partial charge in [-0.05, 0) is 58.6 Å². The van der Waals surface area contributed by atoms with Crippen LogP contribution in [0, 0.1) is 13.8 Å². The van der Waals surface area contributed by atoms with Gasteiger partial charge in [-0.2, -0.15) is 0 Å². The first kappa shape index (κ1) is 9.93. The van der Waals surface area contributed by atoms with Gasteiger partial charge in [0.1, 0.15) is 3.81 Å². The molecule has 74 valence electrons. The second-order valence-corrected chi connectivity index (χ2v) is 6.69. The van der Waals surface area contributed by atoms with E-state index in [-0.39, 0.29) is 3.81 Å². The summed E-state index contributed by atoms with van der Waals surface area (Å²) in [5, 5.41) is 0. The Balaban J connectivity index is 2.82. The molecule has 0 aliphatic carbocycles. The number of rotatable bonds is 0. The lowest BCUT2D eigenvalue weighted by atomic mass is 10.1. The van der Waals surface area contributed by atoms with Crippen LogP contribution in [0.2, 0.25) is 0 Å². The summed E-state index contributed by atoms with van der Waals surface area (Å²) in [6.45, 7) is 3.89. The van der Waals surface area contributed by atoms with Crippen molar-refractivity contribution in [1.82, 2.24) is 0 Å². The molecule has 4 heteroatoms. The number of hydrogen-bond acceptors (Lipinski definition) is 2. The fraction of sp³-hybridized carbons (Fsp3) is 0.200. The lowest BCUT2D eigenvalue weighted by molar-refractivity contribution is 0.605. The first-order valence-corrected chi connectivity index (χ1v) is 6.44. The topological polar surface area (TPSA) is 34.1 Å². The average molecular weight is 273 g/mol. The Morgan fingerprint density at radius 3 is 2.36 bits per heavy atom. The highest BCUT2D eigenvalue weighted by Gasteiger charge is 2.28. The van der Waals surface area contributed by atoms with Gasteiger partial charge < -0.3 is 0 Å². The zero-order valence-corrected chi connectivity index (χ0v) is 10.2. The first-order chi connectivity index (χ1) is 6.43. The lowest BCUT2D eigenvalue weighted by Crippen LogP contribution is -1.97. The maximum Gasteiger partial charge on any atom is 0.213 e. The molecule has 1 aromatic carbocycles. The molecule has 0 amide bonds. The molecule has 1 aromatic rings. The smallest absolute Gasteiger partial charge is 0.213 e. The van der Waals surface area contributed by atoms with Gasteiger partial charge in [0.05, 0.1) is 4.90 Å². The van der Waals surface area contributed by atoms with Crippen molar-refractivity contribution >= 4 is 31.8 Å². The second kappa shape index (κ2) is 2.94. The molecule has 0 saturated carbocycles. The van der Waals surface area contributed by atoms with E-state index < -0.39 is 9.84 Å². The van der Waals surface area contributed by atoms with Crippen LogP contribution >= 0.6 is 15.9 Å². The summed E-state index contributed by atoms with van der Waals surface area (Å²) in [5.74, 6) is 0. The largest absolute Gasteiger partial charge is 0.218 e. The molecule has 0 spiro atoms. The molecule has 0 radical (unpaired) electrons. The molecular formula is C10H9BrO2S. The minimum Gasteiger partial charge on any atom is -0.218 e. The van der Waals surface area contributed by atoms with Gasteiger partial charge in [-0.1, -0.05) is 6.07 Å². The number of hydrogen-bond donors (Lipinski definition) is 0. The molecule has 1 aliphatic rings. The Hall–Kier alpha value is -0.610. The Bertz CT molecular complexity index is 541. The fourth-order valence-electron chi connectivity index (χ4n) is 1.46. The molecule has 0 aromatic heterocycles. The fourth-order valence-corrected chi connectivity index (χ4v) is 3.48. The standard InChI is InChI=1S/C10H9BrO2S/c1-6-3-8-5-10(11)14(12,13)9(8)4-7(6)2/h3-5H,1-2H3. The highest BCUT2D eigenvalue weighted by molar-refractivity contribution is 9.13. The molecule has 0 atom stereocenters. The van der Waals surface area contributed by atoms with Crippen molar-refractivity contribution in [3.8, 4) is 0 Å². The van der Waals surface area contributed by atoms with E-state index in [1.807, 2.05) is 19.9 Å². The second-order valence-electron chi connectivity index (χ2n) is 3.43. The van der Waals surface area contributed by atoms with E-state index in [1.165, 1.54) is 0 Å². The van der Waals surface area contributed by atoms with E-state index in [0.717, 1.165) is 16.7 Å². The monoisotopic (exact) mass is 272 g/mol. The van der Waals surface area contributed by atoms with Gasteiger partial charge in [-0.3, -0.25) is 0 Å². The van der Waals surface area contributed by atoms with Crippen molar-refractivity contribution in [3.63, 3.8) is 0 Å². The van der Waals surface area contributed by atoms with Crippen LogP contribution in [0.3, 0.4) is 0 Å². The Morgan fingerprint density at radius 1 is 1.14 bits per heavy atom. The van der Waals surface area contributed by atoms with Gasteiger partial charge in [0.25, 0.3) is 0 Å². The number of fused-ring (bicyclic) bond motifs is 1. The predicted octanol–water partition coefficient (Wildman–Crippen LogP) is 2.78. The van der Waals surface area contributed by atoms with Crippen molar-refractivity contribution in [2.45, 2.75) is 18.7 Å². The van der Waals surface area contributed by atoms with Gasteiger partial charge in [0, 0.05) is 0 Å². The molecule has 1 aliphatic heterocycles. The molecule has 0 N–H and O–H groups in total.